The second-order valence-corrected chi connectivity index (χ2v) is 5.88. The van der Waals surface area contributed by atoms with E-state index in [1.54, 1.807) is 32.7 Å². The fraction of sp³-hybridized carbons (Fsp3) is 0.250. The van der Waals surface area contributed by atoms with Gasteiger partial charge in [-0.15, -0.1) is 0 Å². The van der Waals surface area contributed by atoms with Gasteiger partial charge in [0.25, 0.3) is 0 Å². The Morgan fingerprint density at radius 3 is 2.67 bits per heavy atom. The Morgan fingerprint density at radius 2 is 1.93 bits per heavy atom. The lowest BCUT2D eigenvalue weighted by atomic mass is 10.1. The fourth-order valence-electron chi connectivity index (χ4n) is 2.77. The third-order valence-corrected chi connectivity index (χ3v) is 4.10. The number of pyridine rings is 1. The van der Waals surface area contributed by atoms with Gasteiger partial charge >= 0.3 is 0 Å². The highest BCUT2D eigenvalue weighted by Crippen LogP contribution is 2.27. The highest BCUT2D eigenvalue weighted by molar-refractivity contribution is 5.78. The largest absolute Gasteiger partial charge is 0.493 e. The molecule has 0 aliphatic heterocycles. The summed E-state index contributed by atoms with van der Waals surface area (Å²) in [5.74, 6) is 1.98. The van der Waals surface area contributed by atoms with E-state index in [-0.39, 0.29) is 12.3 Å². The molecule has 3 aromatic rings. The topological polar surface area (TPSA) is 78.3 Å². The van der Waals surface area contributed by atoms with Gasteiger partial charge in [0.2, 0.25) is 5.91 Å². The van der Waals surface area contributed by atoms with Gasteiger partial charge in [-0.3, -0.25) is 9.78 Å². The van der Waals surface area contributed by atoms with Crippen LogP contribution in [0.3, 0.4) is 0 Å². The Kier molecular flexibility index (Phi) is 6.04. The second-order valence-electron chi connectivity index (χ2n) is 5.88. The molecule has 27 heavy (non-hydrogen) atoms. The lowest BCUT2D eigenvalue weighted by Gasteiger charge is -2.11. The van der Waals surface area contributed by atoms with Gasteiger partial charge in [-0.25, -0.2) is 4.98 Å². The lowest BCUT2D eigenvalue weighted by Crippen LogP contribution is -2.28. The van der Waals surface area contributed by atoms with Crippen LogP contribution in [0, 0.1) is 0 Å². The van der Waals surface area contributed by atoms with Crippen molar-refractivity contribution in [2.75, 3.05) is 20.8 Å². The van der Waals surface area contributed by atoms with E-state index in [0.29, 0.717) is 24.6 Å². The van der Waals surface area contributed by atoms with E-state index in [9.17, 15) is 4.79 Å². The Bertz CT molecular complexity index is 893. The van der Waals surface area contributed by atoms with Crippen molar-refractivity contribution in [3.05, 3.63) is 60.6 Å². The SMILES string of the molecule is COc1ccc(CC(=O)NCCn2ccnc2-c2ccccn2)cc1OC. The zero-order valence-electron chi connectivity index (χ0n) is 15.4. The number of rotatable bonds is 8. The first-order valence-corrected chi connectivity index (χ1v) is 8.61. The number of imidazole rings is 1. The maximum Gasteiger partial charge on any atom is 0.224 e. The van der Waals surface area contributed by atoms with Crippen LogP contribution in [0.25, 0.3) is 11.5 Å². The number of ether oxygens (including phenoxy) is 2. The minimum Gasteiger partial charge on any atom is -0.493 e. The first-order valence-electron chi connectivity index (χ1n) is 8.61. The Balaban J connectivity index is 1.54. The Labute approximate surface area is 158 Å². The number of benzene rings is 1. The summed E-state index contributed by atoms with van der Waals surface area (Å²) in [6.45, 7) is 1.12. The molecule has 0 saturated carbocycles. The van der Waals surface area contributed by atoms with Crippen LogP contribution in [0.15, 0.2) is 55.0 Å². The number of hydrogen-bond acceptors (Lipinski definition) is 5. The molecule has 0 radical (unpaired) electrons. The first kappa shape index (κ1) is 18.4. The number of nitrogens with one attached hydrogen (secondary N) is 1. The van der Waals surface area contributed by atoms with Crippen molar-refractivity contribution in [2.24, 2.45) is 0 Å². The zero-order chi connectivity index (χ0) is 19.1. The quantitative estimate of drug-likeness (QED) is 0.662. The molecule has 0 fully saturated rings. The summed E-state index contributed by atoms with van der Waals surface area (Å²) < 4.78 is 12.5. The molecule has 2 heterocycles. The molecule has 0 aliphatic carbocycles. The summed E-state index contributed by atoms with van der Waals surface area (Å²) in [5, 5.41) is 2.93. The first-order chi connectivity index (χ1) is 13.2. The second kappa shape index (κ2) is 8.84. The van der Waals surface area contributed by atoms with Gasteiger partial charge in [-0.2, -0.15) is 0 Å². The summed E-state index contributed by atoms with van der Waals surface area (Å²) in [6.07, 6.45) is 5.62. The third-order valence-electron chi connectivity index (χ3n) is 4.10. The van der Waals surface area contributed by atoms with E-state index in [1.165, 1.54) is 0 Å². The van der Waals surface area contributed by atoms with Gasteiger partial charge in [0, 0.05) is 31.7 Å². The molecule has 0 spiro atoms. The average Bonchev–Trinajstić information content (AvgIpc) is 3.17. The van der Waals surface area contributed by atoms with Crippen molar-refractivity contribution in [3.63, 3.8) is 0 Å². The van der Waals surface area contributed by atoms with Crippen molar-refractivity contribution in [1.29, 1.82) is 0 Å². The Morgan fingerprint density at radius 1 is 1.07 bits per heavy atom. The van der Waals surface area contributed by atoms with Gasteiger partial charge in [0.15, 0.2) is 17.3 Å². The number of carbonyl (C=O) groups excluding carboxylic acids is 1. The molecule has 0 saturated heterocycles. The summed E-state index contributed by atoms with van der Waals surface area (Å²) in [6, 6.07) is 11.2. The van der Waals surface area contributed by atoms with Crippen molar-refractivity contribution in [1.82, 2.24) is 19.9 Å². The van der Waals surface area contributed by atoms with Crippen molar-refractivity contribution in [2.45, 2.75) is 13.0 Å². The predicted octanol–water partition coefficient (Wildman–Crippen LogP) is 2.32. The molecule has 140 valence electrons. The molecule has 0 unspecified atom stereocenters. The molecule has 3 rings (SSSR count). The Hall–Kier alpha value is -3.35. The molecule has 1 amide bonds. The van der Waals surface area contributed by atoms with Gasteiger partial charge in [-0.05, 0) is 29.8 Å². The van der Waals surface area contributed by atoms with Crippen LogP contribution in [0.4, 0.5) is 0 Å². The maximum absolute atomic E-state index is 12.2. The number of hydrogen-bond donors (Lipinski definition) is 1. The van der Waals surface area contributed by atoms with Crippen molar-refractivity contribution >= 4 is 5.91 Å². The van der Waals surface area contributed by atoms with Crippen LogP contribution in [0.2, 0.25) is 0 Å². The monoisotopic (exact) mass is 366 g/mol. The lowest BCUT2D eigenvalue weighted by molar-refractivity contribution is -0.120. The van der Waals surface area contributed by atoms with E-state index in [0.717, 1.165) is 17.1 Å². The summed E-state index contributed by atoms with van der Waals surface area (Å²) in [5.41, 5.74) is 1.67. The average molecular weight is 366 g/mol. The molecule has 1 aromatic carbocycles. The predicted molar refractivity (Wildman–Crippen MR) is 102 cm³/mol. The number of amides is 1. The number of methoxy groups -OCH3 is 2. The van der Waals surface area contributed by atoms with Crippen molar-refractivity contribution < 1.29 is 14.3 Å². The summed E-state index contributed by atoms with van der Waals surface area (Å²) in [4.78, 5) is 20.9. The van der Waals surface area contributed by atoms with Gasteiger partial charge in [-0.1, -0.05) is 12.1 Å². The number of aromatic nitrogens is 3. The minimum absolute atomic E-state index is 0.0540. The molecule has 2 aromatic heterocycles. The third kappa shape index (κ3) is 4.63. The fourth-order valence-corrected chi connectivity index (χ4v) is 2.77. The van der Waals surface area contributed by atoms with E-state index in [2.05, 4.69) is 15.3 Å². The van der Waals surface area contributed by atoms with E-state index in [1.807, 2.05) is 41.1 Å². The number of nitrogens with zero attached hydrogens (tertiary/aromatic N) is 3. The zero-order valence-corrected chi connectivity index (χ0v) is 15.4. The van der Waals surface area contributed by atoms with E-state index < -0.39 is 0 Å². The molecule has 0 bridgehead atoms. The molecular formula is C20H22N4O3. The van der Waals surface area contributed by atoms with E-state index in [4.69, 9.17) is 9.47 Å². The van der Waals surface area contributed by atoms with Gasteiger partial charge in [0.1, 0.15) is 5.69 Å². The smallest absolute Gasteiger partial charge is 0.224 e. The van der Waals surface area contributed by atoms with Crippen LogP contribution in [-0.2, 0) is 17.8 Å². The highest BCUT2D eigenvalue weighted by Gasteiger charge is 2.09. The number of carbonyl (C=O) groups is 1. The minimum atomic E-state index is -0.0540. The maximum atomic E-state index is 12.2. The summed E-state index contributed by atoms with van der Waals surface area (Å²) in [7, 11) is 3.16. The summed E-state index contributed by atoms with van der Waals surface area (Å²) >= 11 is 0. The molecule has 0 atom stereocenters. The van der Waals surface area contributed by atoms with Gasteiger partial charge in [0.05, 0.1) is 20.6 Å². The molecule has 7 heteroatoms. The van der Waals surface area contributed by atoms with Crippen LogP contribution in [0.5, 0.6) is 11.5 Å². The standard InChI is InChI=1S/C20H22N4O3/c1-26-17-7-6-15(13-18(17)27-2)14-19(25)22-9-11-24-12-10-23-20(24)16-5-3-4-8-21-16/h3-8,10,12-13H,9,11,14H2,1-2H3,(H,22,25). The molecular weight excluding hydrogens is 344 g/mol. The van der Waals surface area contributed by atoms with Crippen LogP contribution >= 0.6 is 0 Å². The van der Waals surface area contributed by atoms with Gasteiger partial charge < -0.3 is 19.4 Å². The molecule has 0 aliphatic rings. The van der Waals surface area contributed by atoms with Crippen LogP contribution < -0.4 is 14.8 Å². The highest BCUT2D eigenvalue weighted by atomic mass is 16.5. The normalized spacial score (nSPS) is 10.4. The molecule has 7 nitrogen and oxygen atoms in total. The van der Waals surface area contributed by atoms with E-state index >= 15 is 0 Å². The molecule has 1 N–H and O–H groups in total. The van der Waals surface area contributed by atoms with Crippen molar-refractivity contribution in [3.8, 4) is 23.0 Å². The van der Waals surface area contributed by atoms with Crippen LogP contribution in [-0.4, -0.2) is 41.2 Å². The van der Waals surface area contributed by atoms with Crippen LogP contribution in [0.1, 0.15) is 5.56 Å².